The highest BCUT2D eigenvalue weighted by molar-refractivity contribution is 5.87. The number of carbonyl (C=O) groups is 1. The van der Waals surface area contributed by atoms with Crippen LogP contribution in [0.3, 0.4) is 0 Å². The molecule has 1 spiro atoms. The van der Waals surface area contributed by atoms with Crippen LogP contribution in [0.5, 0.6) is 0 Å². The number of fused-ring (bicyclic) bond motifs is 7. The topological polar surface area (TPSA) is 313 Å². The minimum atomic E-state index is -1.77. The second kappa shape index (κ2) is 18.4. The van der Waals surface area contributed by atoms with Gasteiger partial charge in [0, 0.05) is 36.0 Å². The lowest BCUT2D eigenvalue weighted by atomic mass is 9.46. The van der Waals surface area contributed by atoms with Crippen molar-refractivity contribution in [1.29, 1.82) is 0 Å². The number of carbonyl (C=O) groups excluding carboxylic acids is 1. The fourth-order valence-electron chi connectivity index (χ4n) is 13.8. The summed E-state index contributed by atoms with van der Waals surface area (Å²) in [5.41, 5.74) is 0.321. The highest BCUT2D eigenvalue weighted by Crippen LogP contribution is 2.69. The van der Waals surface area contributed by atoms with Gasteiger partial charge in [-0.25, -0.2) is 0 Å². The number of aliphatic hydroxyl groups is 11. The molecule has 9 aliphatic rings. The van der Waals surface area contributed by atoms with Crippen LogP contribution in [0.2, 0.25) is 0 Å². The van der Waals surface area contributed by atoms with Crippen LogP contribution in [0.4, 0.5) is 0 Å². The Morgan fingerprint density at radius 1 is 0.708 bits per heavy atom. The van der Waals surface area contributed by atoms with E-state index in [0.717, 1.165) is 19.3 Å². The van der Waals surface area contributed by atoms with Gasteiger partial charge < -0.3 is 94.1 Å². The van der Waals surface area contributed by atoms with Crippen LogP contribution in [0.15, 0.2) is 11.6 Å². The Kier molecular flexibility index (Phi) is 13.8. The van der Waals surface area contributed by atoms with Crippen molar-refractivity contribution in [2.75, 3.05) is 33.0 Å². The zero-order chi connectivity index (χ0) is 46.5. The molecule has 20 heteroatoms. The van der Waals surface area contributed by atoms with Gasteiger partial charge in [-0.1, -0.05) is 32.4 Å². The number of ketones is 1. The molecule has 5 aliphatic heterocycles. The average molecular weight is 931 g/mol. The van der Waals surface area contributed by atoms with Crippen molar-refractivity contribution in [2.24, 2.45) is 46.3 Å². The average Bonchev–Trinajstić information content (AvgIpc) is 3.75. The molecule has 0 aromatic heterocycles. The van der Waals surface area contributed by atoms with Crippen molar-refractivity contribution in [1.82, 2.24) is 0 Å². The van der Waals surface area contributed by atoms with Crippen LogP contribution < -0.4 is 0 Å². The first-order chi connectivity index (χ1) is 30.9. The zero-order valence-corrected chi connectivity index (χ0v) is 37.1. The van der Waals surface area contributed by atoms with E-state index in [1.165, 1.54) is 5.57 Å². The third-order valence-electron chi connectivity index (χ3n) is 17.7. The van der Waals surface area contributed by atoms with Crippen LogP contribution in [-0.2, 0) is 42.7 Å². The van der Waals surface area contributed by atoms with Gasteiger partial charge >= 0.3 is 0 Å². The molecule has 0 amide bonds. The fraction of sp³-hybridized carbons (Fsp3) is 0.933. The van der Waals surface area contributed by atoms with Crippen molar-refractivity contribution in [3.05, 3.63) is 11.6 Å². The quantitative estimate of drug-likeness (QED) is 0.0997. The van der Waals surface area contributed by atoms with E-state index in [9.17, 15) is 61.0 Å². The van der Waals surface area contributed by atoms with Crippen LogP contribution in [-0.4, -0.2) is 205 Å². The van der Waals surface area contributed by atoms with Crippen LogP contribution in [0.1, 0.15) is 72.1 Å². The lowest BCUT2D eigenvalue weighted by Crippen LogP contribution is -2.65. The summed E-state index contributed by atoms with van der Waals surface area (Å²) in [6.07, 6.45) is -15.2. The molecule has 9 rings (SSSR count). The summed E-state index contributed by atoms with van der Waals surface area (Å²) in [5, 5.41) is 113. The lowest BCUT2D eigenvalue weighted by Gasteiger charge is -2.58. The number of rotatable bonds is 10. The van der Waals surface area contributed by atoms with Crippen molar-refractivity contribution in [3.63, 3.8) is 0 Å². The van der Waals surface area contributed by atoms with Crippen LogP contribution >= 0.6 is 0 Å². The van der Waals surface area contributed by atoms with E-state index in [-0.39, 0.29) is 59.4 Å². The maximum absolute atomic E-state index is 14.7. The minimum Gasteiger partial charge on any atom is -0.394 e. The van der Waals surface area contributed by atoms with E-state index < -0.39 is 129 Å². The van der Waals surface area contributed by atoms with Gasteiger partial charge in [-0.2, -0.15) is 0 Å². The predicted octanol–water partition coefficient (Wildman–Crippen LogP) is -2.66. The number of Topliss-reactive ketones (excluding diaryl/α,β-unsaturated/α-hetero) is 1. The molecule has 5 heterocycles. The van der Waals surface area contributed by atoms with E-state index in [1.54, 1.807) is 0 Å². The SMILES string of the molecule is C[C@H]1[C@H]2[C@H](C[C@@H]3[C@@H]4CC=C5C[C@@H](O[C@@H]6O[C@H](CO)[C@@H](O[C@@H]7O[C@H](CO)[C@@H](O)[C@H](O)[C@H]7O)[C@H](O)[C@H]6O)CC[C@]5(C)[C@H]4CC(=O)[C@]23C)O[C@]12CC[C@@H](CO[C@@H]1O[C@H](CO)[C@@H](O)[C@H](O)[C@H]1O)CO2. The highest BCUT2D eigenvalue weighted by Gasteiger charge is 2.71. The molecule has 8 fully saturated rings. The summed E-state index contributed by atoms with van der Waals surface area (Å²) >= 11 is 0. The molecule has 65 heavy (non-hydrogen) atoms. The molecule has 0 unspecified atom stereocenters. The van der Waals surface area contributed by atoms with Gasteiger partial charge in [0.15, 0.2) is 24.7 Å². The van der Waals surface area contributed by atoms with Gasteiger partial charge in [-0.05, 0) is 61.7 Å². The van der Waals surface area contributed by atoms with Crippen molar-refractivity contribution in [2.45, 2.75) is 182 Å². The molecule has 26 atom stereocenters. The largest absolute Gasteiger partial charge is 0.394 e. The Morgan fingerprint density at radius 3 is 1.97 bits per heavy atom. The zero-order valence-electron chi connectivity index (χ0n) is 37.1. The lowest BCUT2D eigenvalue weighted by molar-refractivity contribution is -0.363. The number of allylic oxidation sites excluding steroid dienone is 1. The molecule has 4 aliphatic carbocycles. The first kappa shape index (κ1) is 48.7. The summed E-state index contributed by atoms with van der Waals surface area (Å²) in [6, 6.07) is 0. The van der Waals surface area contributed by atoms with Gasteiger partial charge in [-0.15, -0.1) is 0 Å². The van der Waals surface area contributed by atoms with Gasteiger partial charge in [0.1, 0.15) is 79.0 Å². The maximum atomic E-state index is 14.7. The van der Waals surface area contributed by atoms with Gasteiger partial charge in [0.2, 0.25) is 0 Å². The van der Waals surface area contributed by atoms with Crippen LogP contribution in [0, 0.1) is 46.3 Å². The smallest absolute Gasteiger partial charge is 0.187 e. The maximum Gasteiger partial charge on any atom is 0.187 e. The van der Waals surface area contributed by atoms with E-state index in [0.29, 0.717) is 38.7 Å². The van der Waals surface area contributed by atoms with E-state index in [2.05, 4.69) is 26.8 Å². The van der Waals surface area contributed by atoms with E-state index in [1.807, 2.05) is 0 Å². The van der Waals surface area contributed by atoms with Gasteiger partial charge in [-0.3, -0.25) is 4.79 Å². The standard InChI is InChI=1S/C45H70O20/c1-18-30-25(65-45(18)9-6-19(17-59-45)16-58-40-36(55)33(52)31(50)26(13-46)61-40)11-24-22-5-4-20-10-21(7-8-43(20,2)23(22)12-29(49)44(24,30)3)60-41-38(57)35(54)39(28(15-48)63-41)64-42-37(56)34(53)32(51)27(14-47)62-42/h4,18-19,21-28,30-42,46-48,50-57H,5-17H2,1-3H3/t18-,19-,21-,22+,23-,24+,25-,26+,27+,28+,30-,31+,32+,33-,34-,35+,36+,37+,38+,39+,40+,41+,42-,43-,44+,45+/m0/s1. The molecule has 20 nitrogen and oxygen atoms in total. The Labute approximate surface area is 377 Å². The summed E-state index contributed by atoms with van der Waals surface area (Å²) in [4.78, 5) is 14.7. The van der Waals surface area contributed by atoms with Crippen molar-refractivity contribution in [3.8, 4) is 0 Å². The fourth-order valence-corrected chi connectivity index (χ4v) is 13.8. The molecule has 370 valence electrons. The molecule has 0 radical (unpaired) electrons. The molecule has 5 saturated heterocycles. The summed E-state index contributed by atoms with van der Waals surface area (Å²) < 4.78 is 48.2. The molecule has 3 saturated carbocycles. The second-order valence-corrected chi connectivity index (χ2v) is 20.9. The van der Waals surface area contributed by atoms with Crippen LogP contribution in [0.25, 0.3) is 0 Å². The first-order valence-corrected chi connectivity index (χ1v) is 23.6. The van der Waals surface area contributed by atoms with Crippen molar-refractivity contribution >= 4 is 5.78 Å². The van der Waals surface area contributed by atoms with Gasteiger partial charge in [0.25, 0.3) is 0 Å². The minimum absolute atomic E-state index is 0.0209. The third kappa shape index (κ3) is 8.01. The summed E-state index contributed by atoms with van der Waals surface area (Å²) in [5.74, 6) is -0.210. The predicted molar refractivity (Wildman–Crippen MR) is 217 cm³/mol. The normalized spacial score (nSPS) is 55.6. The van der Waals surface area contributed by atoms with E-state index in [4.69, 9.17) is 37.9 Å². The molecule has 0 aromatic rings. The molecular weight excluding hydrogens is 860 g/mol. The van der Waals surface area contributed by atoms with Gasteiger partial charge in [0.05, 0.1) is 45.2 Å². The molecule has 11 N–H and O–H groups in total. The summed E-state index contributed by atoms with van der Waals surface area (Å²) in [7, 11) is 0. The second-order valence-electron chi connectivity index (χ2n) is 20.9. The number of aliphatic hydroxyl groups excluding tert-OH is 11. The number of hydrogen-bond acceptors (Lipinski definition) is 20. The third-order valence-corrected chi connectivity index (χ3v) is 17.7. The highest BCUT2D eigenvalue weighted by atomic mass is 16.7. The monoisotopic (exact) mass is 930 g/mol. The van der Waals surface area contributed by atoms with Crippen molar-refractivity contribution < 1.29 is 98.9 Å². The first-order valence-electron chi connectivity index (χ1n) is 23.6. The Balaban J connectivity index is 0.808. The number of ether oxygens (including phenoxy) is 8. The van der Waals surface area contributed by atoms with E-state index >= 15 is 0 Å². The Bertz CT molecular complexity index is 1720. The Morgan fingerprint density at radius 2 is 1.32 bits per heavy atom. The molecular formula is C45H70O20. The molecule has 0 aromatic carbocycles. The Hall–Kier alpha value is -1.35. The molecule has 0 bridgehead atoms. The summed E-state index contributed by atoms with van der Waals surface area (Å²) in [6.45, 7) is 5.13. The number of hydrogen-bond donors (Lipinski definition) is 11.